The van der Waals surface area contributed by atoms with E-state index in [0.29, 0.717) is 34.4 Å². The number of hydrogen-bond acceptors (Lipinski definition) is 8. The largest absolute Gasteiger partial charge is 0.396 e. The molecule has 3 aliphatic rings. The third-order valence-electron chi connectivity index (χ3n) is 10.0. The van der Waals surface area contributed by atoms with Gasteiger partial charge < -0.3 is 15.3 Å². The summed E-state index contributed by atoms with van der Waals surface area (Å²) < 4.78 is 3.66. The molecule has 222 valence electrons. The molecule has 2 saturated carbocycles. The molecule has 0 unspecified atom stereocenters. The predicted molar refractivity (Wildman–Crippen MR) is 161 cm³/mol. The van der Waals surface area contributed by atoms with Gasteiger partial charge in [0.25, 0.3) is 0 Å². The van der Waals surface area contributed by atoms with Gasteiger partial charge in [-0.15, -0.1) is 0 Å². The molecule has 4 aromatic rings. The van der Waals surface area contributed by atoms with E-state index in [2.05, 4.69) is 33.4 Å². The van der Waals surface area contributed by atoms with Crippen LogP contribution < -0.4 is 10.2 Å². The van der Waals surface area contributed by atoms with Crippen molar-refractivity contribution in [3.63, 3.8) is 0 Å². The second-order valence-corrected chi connectivity index (χ2v) is 12.4. The monoisotopic (exact) mass is 579 g/mol. The van der Waals surface area contributed by atoms with E-state index in [0.717, 1.165) is 75.0 Å². The third-order valence-corrected chi connectivity index (χ3v) is 10.0. The lowest BCUT2D eigenvalue weighted by Gasteiger charge is -2.42. The first kappa shape index (κ1) is 27.5. The minimum atomic E-state index is -0.301. The summed E-state index contributed by atoms with van der Waals surface area (Å²) in [4.78, 5) is 25.2. The highest BCUT2D eigenvalue weighted by molar-refractivity contribution is 5.84. The molecule has 0 radical (unpaired) electrons. The Morgan fingerprint density at radius 1 is 1.12 bits per heavy atom. The number of nitriles is 1. The zero-order chi connectivity index (χ0) is 29.6. The van der Waals surface area contributed by atoms with Crippen LogP contribution in [0.3, 0.4) is 0 Å². The highest BCUT2D eigenvalue weighted by Gasteiger charge is 2.41. The molecule has 0 bridgehead atoms. The number of aliphatic hydroxyl groups excluding tert-OH is 1. The van der Waals surface area contributed by atoms with Crippen molar-refractivity contribution in [2.45, 2.75) is 70.4 Å². The Balaban J connectivity index is 1.12. The first-order valence-electron chi connectivity index (χ1n) is 15.5. The maximum Gasteiger partial charge on any atom is 0.226 e. The number of anilines is 1. The van der Waals surface area contributed by atoms with Crippen LogP contribution >= 0.6 is 0 Å². The number of nitrogens with one attached hydrogen (secondary N) is 1. The number of amides is 1. The zero-order valence-electron chi connectivity index (χ0n) is 24.5. The van der Waals surface area contributed by atoms with Crippen molar-refractivity contribution in [1.82, 2.24) is 34.7 Å². The average Bonchev–Trinajstić information content (AvgIpc) is 3.66. The van der Waals surface area contributed by atoms with Crippen molar-refractivity contribution in [3.05, 3.63) is 48.7 Å². The fraction of sp³-hybridized carbons (Fsp3) is 0.500. The summed E-state index contributed by atoms with van der Waals surface area (Å²) in [7, 11) is 0. The SMILES string of the molecule is CCC1(C(=O)NC2CCC2)CCN(c2ccc(-c3nc(-c4cnn([C@H]5C[C@H](CO)C5)c4)cn4ncc(C#N)c34)cn2)CC1. The molecular weight excluding hydrogens is 542 g/mol. The summed E-state index contributed by atoms with van der Waals surface area (Å²) in [6, 6.07) is 6.89. The number of pyridine rings is 1. The number of fused-ring (bicyclic) bond motifs is 1. The summed E-state index contributed by atoms with van der Waals surface area (Å²) in [5.74, 6) is 1.44. The van der Waals surface area contributed by atoms with E-state index in [-0.39, 0.29) is 24.0 Å². The summed E-state index contributed by atoms with van der Waals surface area (Å²) in [6.07, 6.45) is 16.7. The lowest BCUT2D eigenvalue weighted by Crippen LogP contribution is -2.52. The molecule has 1 saturated heterocycles. The topological polar surface area (TPSA) is 137 Å². The first-order valence-corrected chi connectivity index (χ1v) is 15.5. The first-order chi connectivity index (χ1) is 21.0. The van der Waals surface area contributed by atoms with E-state index in [1.165, 1.54) is 6.42 Å². The molecule has 0 spiro atoms. The predicted octanol–water partition coefficient (Wildman–Crippen LogP) is 4.14. The zero-order valence-corrected chi connectivity index (χ0v) is 24.5. The highest BCUT2D eigenvalue weighted by Crippen LogP contribution is 2.39. The van der Waals surface area contributed by atoms with E-state index in [1.807, 2.05) is 35.4 Å². The van der Waals surface area contributed by atoms with Crippen molar-refractivity contribution in [3.8, 4) is 28.6 Å². The van der Waals surface area contributed by atoms with Crippen molar-refractivity contribution >= 4 is 17.2 Å². The summed E-state index contributed by atoms with van der Waals surface area (Å²) in [6.45, 7) is 3.90. The van der Waals surface area contributed by atoms with Crippen LogP contribution in [0.2, 0.25) is 0 Å². The number of carbonyl (C=O) groups is 1. The molecule has 1 aliphatic heterocycles. The molecule has 4 aromatic heterocycles. The fourth-order valence-electron chi connectivity index (χ4n) is 6.68. The quantitative estimate of drug-likeness (QED) is 0.318. The van der Waals surface area contributed by atoms with Crippen LogP contribution in [0.15, 0.2) is 43.1 Å². The summed E-state index contributed by atoms with van der Waals surface area (Å²) in [5.41, 5.74) is 3.79. The van der Waals surface area contributed by atoms with Crippen LogP contribution in [0, 0.1) is 22.7 Å². The highest BCUT2D eigenvalue weighted by atomic mass is 16.3. The minimum Gasteiger partial charge on any atom is -0.396 e. The number of nitrogens with zero attached hydrogens (tertiary/aromatic N) is 8. The van der Waals surface area contributed by atoms with Gasteiger partial charge in [-0.05, 0) is 69.4 Å². The Kier molecular flexibility index (Phi) is 7.09. The Morgan fingerprint density at radius 3 is 2.58 bits per heavy atom. The molecule has 43 heavy (non-hydrogen) atoms. The molecule has 0 aromatic carbocycles. The Bertz CT molecular complexity index is 1670. The van der Waals surface area contributed by atoms with Crippen molar-refractivity contribution in [2.75, 3.05) is 24.6 Å². The molecule has 1 amide bonds. The molecule has 2 N–H and O–H groups in total. The van der Waals surface area contributed by atoms with E-state index in [1.54, 1.807) is 16.9 Å². The number of aromatic nitrogens is 6. The smallest absolute Gasteiger partial charge is 0.226 e. The van der Waals surface area contributed by atoms with Crippen molar-refractivity contribution in [1.29, 1.82) is 5.26 Å². The summed E-state index contributed by atoms with van der Waals surface area (Å²) >= 11 is 0. The number of aliphatic hydroxyl groups is 1. The molecule has 0 atom stereocenters. The van der Waals surface area contributed by atoms with E-state index < -0.39 is 0 Å². The average molecular weight is 580 g/mol. The van der Waals surface area contributed by atoms with Gasteiger partial charge in [0.15, 0.2) is 0 Å². The third kappa shape index (κ3) is 4.93. The van der Waals surface area contributed by atoms with Crippen molar-refractivity contribution in [2.24, 2.45) is 11.3 Å². The van der Waals surface area contributed by atoms with E-state index >= 15 is 0 Å². The van der Waals surface area contributed by atoms with Gasteiger partial charge in [-0.1, -0.05) is 6.92 Å². The number of piperidine rings is 1. The molecule has 2 aliphatic carbocycles. The second-order valence-electron chi connectivity index (χ2n) is 12.4. The van der Waals surface area contributed by atoms with Crippen LogP contribution in [0.25, 0.3) is 28.0 Å². The molecular formula is C32H37N9O2. The van der Waals surface area contributed by atoms with Crippen LogP contribution in [0.4, 0.5) is 5.82 Å². The lowest BCUT2D eigenvalue weighted by molar-refractivity contribution is -0.133. The van der Waals surface area contributed by atoms with Crippen LogP contribution in [0.5, 0.6) is 0 Å². The normalized spacial score (nSPS) is 21.7. The molecule has 11 heteroatoms. The van der Waals surface area contributed by atoms with Gasteiger partial charge in [0, 0.05) is 49.3 Å². The number of hydrogen-bond donors (Lipinski definition) is 2. The van der Waals surface area contributed by atoms with Gasteiger partial charge in [0.1, 0.15) is 23.0 Å². The van der Waals surface area contributed by atoms with Gasteiger partial charge in [0.2, 0.25) is 5.91 Å². The van der Waals surface area contributed by atoms with Crippen LogP contribution in [-0.2, 0) is 4.79 Å². The molecule has 3 fully saturated rings. The minimum absolute atomic E-state index is 0.217. The maximum absolute atomic E-state index is 13.1. The Morgan fingerprint density at radius 2 is 1.93 bits per heavy atom. The molecule has 11 nitrogen and oxygen atoms in total. The van der Waals surface area contributed by atoms with E-state index in [4.69, 9.17) is 9.97 Å². The van der Waals surface area contributed by atoms with Gasteiger partial charge in [0.05, 0.1) is 41.4 Å². The van der Waals surface area contributed by atoms with Gasteiger partial charge in [-0.25, -0.2) is 14.5 Å². The molecule has 5 heterocycles. The number of rotatable bonds is 8. The van der Waals surface area contributed by atoms with E-state index in [9.17, 15) is 15.2 Å². The van der Waals surface area contributed by atoms with Crippen LogP contribution in [0.1, 0.15) is 69.9 Å². The number of carbonyl (C=O) groups excluding carboxylic acids is 1. The Labute approximate surface area is 250 Å². The van der Waals surface area contributed by atoms with Crippen LogP contribution in [-0.4, -0.2) is 66.1 Å². The summed E-state index contributed by atoms with van der Waals surface area (Å²) in [5, 5.41) is 31.5. The maximum atomic E-state index is 13.1. The van der Waals surface area contributed by atoms with Gasteiger partial charge >= 0.3 is 0 Å². The fourth-order valence-corrected chi connectivity index (χ4v) is 6.68. The second kappa shape index (κ2) is 11.1. The Hall–Kier alpha value is -4.30. The lowest BCUT2D eigenvalue weighted by atomic mass is 9.74. The molecule has 7 rings (SSSR count). The standard InChI is InChI=1S/C32H37N9O2/c1-2-32(31(43)37-25-4-3-5-25)8-10-39(11-9-32)28-7-6-22(15-34-28)29-30-23(14-33)16-36-41(30)19-27(38-29)24-17-35-40(18-24)26-12-21(13-26)20-42/h6-7,15-19,21,25-26,42H,2-5,8-13,20H2,1H3,(H,37,43)/t21-,26-. The van der Waals surface area contributed by atoms with Gasteiger partial charge in [-0.2, -0.15) is 15.5 Å². The van der Waals surface area contributed by atoms with Gasteiger partial charge in [-0.3, -0.25) is 9.48 Å². The van der Waals surface area contributed by atoms with Crippen molar-refractivity contribution < 1.29 is 9.90 Å².